The Morgan fingerprint density at radius 3 is 2.58 bits per heavy atom. The topological polar surface area (TPSA) is 65.7 Å². The molecule has 0 N–H and O–H groups in total. The van der Waals surface area contributed by atoms with Crippen molar-refractivity contribution in [1.82, 2.24) is 0 Å². The van der Waals surface area contributed by atoms with E-state index in [0.29, 0.717) is 42.0 Å². The van der Waals surface area contributed by atoms with E-state index in [1.807, 2.05) is 13.8 Å². The minimum Gasteiger partial charge on any atom is -0.490 e. The number of carbonyl (C=O) groups is 1. The smallest absolute Gasteiger partial charge is 0.204 e. The molecule has 0 aliphatic rings. The van der Waals surface area contributed by atoms with Crippen molar-refractivity contribution in [2.24, 2.45) is 0 Å². The molecule has 0 bridgehead atoms. The van der Waals surface area contributed by atoms with Crippen molar-refractivity contribution in [2.45, 2.75) is 13.8 Å². The quantitative estimate of drug-likeness (QED) is 0.774. The zero-order valence-corrected chi connectivity index (χ0v) is 10.8. The lowest BCUT2D eigenvalue weighted by molar-refractivity contribution is 0.112. The predicted molar refractivity (Wildman–Crippen MR) is 70.2 cm³/mol. The van der Waals surface area contributed by atoms with Gasteiger partial charge in [0.25, 0.3) is 0 Å². The van der Waals surface area contributed by atoms with Crippen molar-refractivity contribution in [3.05, 3.63) is 34.2 Å². The summed E-state index contributed by atoms with van der Waals surface area (Å²) in [6.45, 7) is 4.57. The molecule has 1 heterocycles. The summed E-state index contributed by atoms with van der Waals surface area (Å²) in [5.74, 6) is 0.898. The van der Waals surface area contributed by atoms with Crippen LogP contribution in [0, 0.1) is 0 Å². The van der Waals surface area contributed by atoms with Gasteiger partial charge in [-0.3, -0.25) is 9.59 Å². The molecule has 0 amide bonds. The highest BCUT2D eigenvalue weighted by Gasteiger charge is 2.15. The van der Waals surface area contributed by atoms with E-state index in [2.05, 4.69) is 0 Å². The average molecular weight is 262 g/mol. The van der Waals surface area contributed by atoms with Crippen LogP contribution >= 0.6 is 0 Å². The first kappa shape index (κ1) is 13.1. The standard InChI is InChI=1S/C14H14O5/c1-3-17-11-6-5-10-12(16)9(7-15)8-19-13(10)14(11)18-4-2/h5-8H,3-4H2,1-2H3. The Balaban J connectivity index is 2.75. The van der Waals surface area contributed by atoms with Crippen LogP contribution in [0.2, 0.25) is 0 Å². The second-order valence-corrected chi connectivity index (χ2v) is 3.77. The first-order valence-corrected chi connectivity index (χ1v) is 6.02. The first-order valence-electron chi connectivity index (χ1n) is 6.02. The monoisotopic (exact) mass is 262 g/mol. The van der Waals surface area contributed by atoms with Gasteiger partial charge in [0, 0.05) is 0 Å². The first-order chi connectivity index (χ1) is 9.22. The third-order valence-corrected chi connectivity index (χ3v) is 2.60. The van der Waals surface area contributed by atoms with Gasteiger partial charge in [-0.2, -0.15) is 0 Å². The number of benzene rings is 1. The van der Waals surface area contributed by atoms with Crippen LogP contribution in [0.15, 0.2) is 27.6 Å². The molecule has 0 saturated carbocycles. The maximum absolute atomic E-state index is 12.0. The fourth-order valence-corrected chi connectivity index (χ4v) is 1.80. The molecule has 1 aromatic heterocycles. The molecule has 0 fully saturated rings. The third-order valence-electron chi connectivity index (χ3n) is 2.60. The normalized spacial score (nSPS) is 10.4. The summed E-state index contributed by atoms with van der Waals surface area (Å²) in [4.78, 5) is 22.7. The van der Waals surface area contributed by atoms with E-state index in [1.54, 1.807) is 12.1 Å². The second kappa shape index (κ2) is 5.56. The van der Waals surface area contributed by atoms with Gasteiger partial charge < -0.3 is 13.9 Å². The third kappa shape index (κ3) is 2.31. The number of rotatable bonds is 5. The Bertz CT molecular complexity index is 657. The van der Waals surface area contributed by atoms with E-state index < -0.39 is 0 Å². The minimum atomic E-state index is -0.375. The van der Waals surface area contributed by atoms with Crippen molar-refractivity contribution in [3.63, 3.8) is 0 Å². The Kier molecular flexibility index (Phi) is 3.85. The highest BCUT2D eigenvalue weighted by atomic mass is 16.5. The molecular weight excluding hydrogens is 248 g/mol. The van der Waals surface area contributed by atoms with Crippen LogP contribution in [0.25, 0.3) is 11.0 Å². The highest BCUT2D eigenvalue weighted by Crippen LogP contribution is 2.34. The van der Waals surface area contributed by atoms with Crippen LogP contribution in [0.1, 0.15) is 24.2 Å². The number of ether oxygens (including phenoxy) is 2. The van der Waals surface area contributed by atoms with Crippen LogP contribution in [0.5, 0.6) is 11.5 Å². The van der Waals surface area contributed by atoms with E-state index >= 15 is 0 Å². The van der Waals surface area contributed by atoms with Crippen molar-refractivity contribution < 1.29 is 18.7 Å². The molecule has 1 aromatic carbocycles. The Labute approximate surface area is 109 Å². The van der Waals surface area contributed by atoms with E-state index in [9.17, 15) is 9.59 Å². The van der Waals surface area contributed by atoms with Gasteiger partial charge in [-0.05, 0) is 26.0 Å². The van der Waals surface area contributed by atoms with E-state index in [4.69, 9.17) is 13.9 Å². The van der Waals surface area contributed by atoms with Gasteiger partial charge in [0.1, 0.15) is 6.26 Å². The molecule has 2 aromatic rings. The van der Waals surface area contributed by atoms with Gasteiger partial charge in [0.2, 0.25) is 11.2 Å². The van der Waals surface area contributed by atoms with E-state index in [1.165, 1.54) is 0 Å². The van der Waals surface area contributed by atoms with Crippen molar-refractivity contribution in [2.75, 3.05) is 13.2 Å². The fraction of sp³-hybridized carbons (Fsp3) is 0.286. The molecule has 0 unspecified atom stereocenters. The molecule has 0 saturated heterocycles. The lowest BCUT2D eigenvalue weighted by Gasteiger charge is -2.12. The molecule has 0 aliphatic heterocycles. The van der Waals surface area contributed by atoms with Crippen LogP contribution in [-0.4, -0.2) is 19.5 Å². The lowest BCUT2D eigenvalue weighted by Crippen LogP contribution is -2.09. The van der Waals surface area contributed by atoms with Gasteiger partial charge in [-0.15, -0.1) is 0 Å². The second-order valence-electron chi connectivity index (χ2n) is 3.77. The van der Waals surface area contributed by atoms with Gasteiger partial charge in [0.05, 0.1) is 24.2 Å². The molecular formula is C14H14O5. The zero-order chi connectivity index (χ0) is 13.8. The minimum absolute atomic E-state index is 0.0147. The fourth-order valence-electron chi connectivity index (χ4n) is 1.80. The van der Waals surface area contributed by atoms with Gasteiger partial charge in [0.15, 0.2) is 17.6 Å². The molecule has 2 rings (SSSR count). The van der Waals surface area contributed by atoms with Gasteiger partial charge >= 0.3 is 0 Å². The van der Waals surface area contributed by atoms with Gasteiger partial charge in [-0.25, -0.2) is 0 Å². The number of aldehydes is 1. The predicted octanol–water partition coefficient (Wildman–Crippen LogP) is 2.40. The molecule has 0 aliphatic carbocycles. The Hall–Kier alpha value is -2.30. The zero-order valence-electron chi connectivity index (χ0n) is 10.8. The van der Waals surface area contributed by atoms with E-state index in [-0.39, 0.29) is 11.0 Å². The maximum Gasteiger partial charge on any atom is 0.204 e. The maximum atomic E-state index is 12.0. The average Bonchev–Trinajstić information content (AvgIpc) is 2.42. The molecule has 5 heteroatoms. The molecule has 0 radical (unpaired) electrons. The van der Waals surface area contributed by atoms with E-state index in [0.717, 1.165) is 6.26 Å². The van der Waals surface area contributed by atoms with Crippen molar-refractivity contribution >= 4 is 17.3 Å². The largest absolute Gasteiger partial charge is 0.490 e. The summed E-state index contributed by atoms with van der Waals surface area (Å²) in [5, 5.41) is 0.302. The SMILES string of the molecule is CCOc1ccc2c(=O)c(C=O)coc2c1OCC. The van der Waals surface area contributed by atoms with Gasteiger partial charge in [-0.1, -0.05) is 0 Å². The Morgan fingerprint density at radius 2 is 1.95 bits per heavy atom. The molecule has 5 nitrogen and oxygen atoms in total. The highest BCUT2D eigenvalue weighted by molar-refractivity contribution is 5.89. The number of hydrogen-bond donors (Lipinski definition) is 0. The number of hydrogen-bond acceptors (Lipinski definition) is 5. The molecule has 19 heavy (non-hydrogen) atoms. The number of fused-ring (bicyclic) bond motifs is 1. The summed E-state index contributed by atoms with van der Waals surface area (Å²) >= 11 is 0. The van der Waals surface area contributed by atoms with Crippen LogP contribution < -0.4 is 14.9 Å². The van der Waals surface area contributed by atoms with Crippen molar-refractivity contribution in [1.29, 1.82) is 0 Å². The van der Waals surface area contributed by atoms with Crippen LogP contribution in [0.4, 0.5) is 0 Å². The molecule has 0 spiro atoms. The van der Waals surface area contributed by atoms with Crippen LogP contribution in [-0.2, 0) is 0 Å². The summed E-state index contributed by atoms with van der Waals surface area (Å²) in [7, 11) is 0. The number of carbonyl (C=O) groups excluding carboxylic acids is 1. The van der Waals surface area contributed by atoms with Crippen LogP contribution in [0.3, 0.4) is 0 Å². The lowest BCUT2D eigenvalue weighted by atomic mass is 10.1. The summed E-state index contributed by atoms with van der Waals surface area (Å²) < 4.78 is 16.3. The Morgan fingerprint density at radius 1 is 1.21 bits per heavy atom. The summed E-state index contributed by atoms with van der Waals surface area (Å²) in [5.41, 5.74) is -0.0947. The van der Waals surface area contributed by atoms with Crippen molar-refractivity contribution in [3.8, 4) is 11.5 Å². The molecule has 0 atom stereocenters. The summed E-state index contributed by atoms with van der Waals surface area (Å²) in [6.07, 6.45) is 1.61. The summed E-state index contributed by atoms with van der Waals surface area (Å²) in [6, 6.07) is 3.21. The molecule has 100 valence electrons.